The molecule has 34 heavy (non-hydrogen) atoms. The highest BCUT2D eigenvalue weighted by Gasteiger charge is 2.62. The molecule has 2 saturated heterocycles. The highest BCUT2D eigenvalue weighted by molar-refractivity contribution is 5.71. The maximum Gasteiger partial charge on any atom is 0.307 e. The highest BCUT2D eigenvalue weighted by Crippen LogP contribution is 2.63. The molecule has 3 aliphatic rings. The molecule has 2 unspecified atom stereocenters. The maximum absolute atomic E-state index is 12.9. The van der Waals surface area contributed by atoms with E-state index in [1.807, 2.05) is 13.1 Å². The van der Waals surface area contributed by atoms with Crippen molar-refractivity contribution in [1.29, 1.82) is 0 Å². The molecule has 3 heterocycles. The van der Waals surface area contributed by atoms with Crippen LogP contribution in [-0.4, -0.2) is 40.1 Å². The second-order valence-electron chi connectivity index (χ2n) is 11.8. The first-order chi connectivity index (χ1) is 16.1. The van der Waals surface area contributed by atoms with Gasteiger partial charge in [0, 0.05) is 47.0 Å². The number of rotatable bonds is 2. The third-order valence-electron chi connectivity index (χ3n) is 8.91. The van der Waals surface area contributed by atoms with Crippen molar-refractivity contribution in [3.63, 3.8) is 0 Å². The van der Waals surface area contributed by atoms with Gasteiger partial charge in [0.25, 0.3) is 0 Å². The number of hydrogen-bond acceptors (Lipinski definition) is 5. The topological polar surface area (TPSA) is 68.5 Å². The summed E-state index contributed by atoms with van der Waals surface area (Å²) in [7, 11) is 0. The number of cyclic esters (lactones) is 1. The van der Waals surface area contributed by atoms with Gasteiger partial charge >= 0.3 is 5.97 Å². The quantitative estimate of drug-likeness (QED) is 0.472. The van der Waals surface area contributed by atoms with Crippen LogP contribution in [0.3, 0.4) is 0 Å². The molecule has 1 spiro atoms. The van der Waals surface area contributed by atoms with E-state index in [0.29, 0.717) is 18.4 Å². The molecule has 5 nitrogen and oxygen atoms in total. The predicted octanol–water partition coefficient (Wildman–Crippen LogP) is 5.51. The second-order valence-corrected chi connectivity index (χ2v) is 11.8. The van der Waals surface area contributed by atoms with Gasteiger partial charge in [0.05, 0.1) is 6.42 Å². The van der Waals surface area contributed by atoms with E-state index in [-0.39, 0.29) is 35.4 Å². The number of esters is 1. The molecular formula is C29H39N3O2. The predicted molar refractivity (Wildman–Crippen MR) is 136 cm³/mol. The molecule has 0 amide bonds. The van der Waals surface area contributed by atoms with Gasteiger partial charge in [-0.3, -0.25) is 14.7 Å². The fourth-order valence-electron chi connectivity index (χ4n) is 7.31. The number of aryl methyl sites for hydroxylation is 2. The average molecular weight is 462 g/mol. The fraction of sp³-hybridized carbons (Fsp3) is 0.586. The Kier molecular flexibility index (Phi) is 5.75. The summed E-state index contributed by atoms with van der Waals surface area (Å²) in [5, 5.41) is 0. The van der Waals surface area contributed by atoms with Gasteiger partial charge in [-0.15, -0.1) is 0 Å². The summed E-state index contributed by atoms with van der Waals surface area (Å²) in [4.78, 5) is 20.0. The third kappa shape index (κ3) is 3.82. The molecule has 3 fully saturated rings. The summed E-state index contributed by atoms with van der Waals surface area (Å²) >= 11 is 0. The average Bonchev–Trinajstić information content (AvgIpc) is 2.94. The number of hydrogen-bond donors (Lipinski definition) is 1. The number of fused-ring (bicyclic) bond motifs is 2. The highest BCUT2D eigenvalue weighted by atomic mass is 16.5. The number of ether oxygens (including phenoxy) is 1. The van der Waals surface area contributed by atoms with Crippen molar-refractivity contribution in [2.24, 2.45) is 5.41 Å². The molecule has 5 heteroatoms. The lowest BCUT2D eigenvalue weighted by Crippen LogP contribution is -2.56. The van der Waals surface area contributed by atoms with Gasteiger partial charge in [-0.05, 0) is 86.8 Å². The molecule has 1 saturated carbocycles. The van der Waals surface area contributed by atoms with Crippen LogP contribution in [0.4, 0.5) is 5.69 Å². The van der Waals surface area contributed by atoms with Crippen LogP contribution >= 0.6 is 0 Å². The Morgan fingerprint density at radius 3 is 2.50 bits per heavy atom. The number of nitrogens with zero attached hydrogens (tertiary/aromatic N) is 2. The number of aromatic nitrogens is 1. The first-order valence-corrected chi connectivity index (χ1v) is 12.8. The van der Waals surface area contributed by atoms with E-state index in [4.69, 9.17) is 10.5 Å². The van der Waals surface area contributed by atoms with Gasteiger partial charge in [0.1, 0.15) is 6.61 Å². The third-order valence-corrected chi connectivity index (χ3v) is 8.91. The van der Waals surface area contributed by atoms with Crippen molar-refractivity contribution in [2.75, 3.05) is 12.3 Å². The zero-order valence-corrected chi connectivity index (χ0v) is 21.3. The van der Waals surface area contributed by atoms with Gasteiger partial charge < -0.3 is 10.5 Å². The molecule has 1 aromatic carbocycles. The summed E-state index contributed by atoms with van der Waals surface area (Å²) in [6.07, 6.45) is 6.88. The number of nitrogens with two attached hydrogens (primary N) is 1. The Bertz CT molecular complexity index is 1080. The first-order valence-electron chi connectivity index (χ1n) is 12.8. The number of anilines is 1. The molecule has 4 atom stereocenters. The summed E-state index contributed by atoms with van der Waals surface area (Å²) in [6, 6.07) is 11.2. The Hall–Kier alpha value is -2.40. The van der Waals surface area contributed by atoms with Crippen LogP contribution in [0.1, 0.15) is 87.1 Å². The van der Waals surface area contributed by atoms with Crippen LogP contribution in [0.5, 0.6) is 0 Å². The molecule has 0 radical (unpaired) electrons. The molecule has 1 aliphatic carbocycles. The molecular weight excluding hydrogens is 422 g/mol. The van der Waals surface area contributed by atoms with Crippen LogP contribution in [0, 0.1) is 19.3 Å². The lowest BCUT2D eigenvalue weighted by atomic mass is 9.61. The second kappa shape index (κ2) is 8.37. The van der Waals surface area contributed by atoms with Crippen molar-refractivity contribution in [1.82, 2.24) is 9.88 Å². The van der Waals surface area contributed by atoms with E-state index < -0.39 is 0 Å². The number of carbonyl (C=O) groups excluding carboxylic acids is 1. The van der Waals surface area contributed by atoms with Crippen molar-refractivity contribution >= 4 is 11.7 Å². The Morgan fingerprint density at radius 1 is 1.09 bits per heavy atom. The Morgan fingerprint density at radius 2 is 1.82 bits per heavy atom. The van der Waals surface area contributed by atoms with Crippen LogP contribution in [0.25, 0.3) is 0 Å². The van der Waals surface area contributed by atoms with Crippen LogP contribution < -0.4 is 5.73 Å². The molecule has 1 aromatic heterocycles. The van der Waals surface area contributed by atoms with Gasteiger partial charge in [0.15, 0.2) is 0 Å². The van der Waals surface area contributed by atoms with Crippen molar-refractivity contribution in [3.05, 3.63) is 58.9 Å². The molecule has 5 rings (SSSR count). The molecule has 182 valence electrons. The fourth-order valence-corrected chi connectivity index (χ4v) is 7.31. The number of pyridine rings is 1. The maximum atomic E-state index is 12.9. The minimum atomic E-state index is -0.0843. The van der Waals surface area contributed by atoms with E-state index in [1.165, 1.54) is 29.5 Å². The zero-order valence-electron chi connectivity index (χ0n) is 21.3. The van der Waals surface area contributed by atoms with Crippen molar-refractivity contribution in [3.8, 4) is 0 Å². The first kappa shape index (κ1) is 23.3. The van der Waals surface area contributed by atoms with Gasteiger partial charge in [0.2, 0.25) is 0 Å². The van der Waals surface area contributed by atoms with Crippen molar-refractivity contribution < 1.29 is 9.53 Å². The van der Waals surface area contributed by atoms with E-state index in [0.717, 1.165) is 24.2 Å². The number of benzene rings is 1. The summed E-state index contributed by atoms with van der Waals surface area (Å²) < 4.78 is 5.70. The Labute approximate surface area is 204 Å². The van der Waals surface area contributed by atoms with Crippen LogP contribution in [-0.2, 0) is 9.53 Å². The van der Waals surface area contributed by atoms with Crippen molar-refractivity contribution in [2.45, 2.75) is 96.2 Å². The monoisotopic (exact) mass is 461 g/mol. The summed E-state index contributed by atoms with van der Waals surface area (Å²) in [6.45, 7) is 11.6. The van der Waals surface area contributed by atoms with Gasteiger partial charge in [-0.2, -0.15) is 0 Å². The normalized spacial score (nSPS) is 30.6. The van der Waals surface area contributed by atoms with Gasteiger partial charge in [-0.25, -0.2) is 0 Å². The molecule has 2 aromatic rings. The van der Waals surface area contributed by atoms with E-state index in [9.17, 15) is 4.79 Å². The SMILES string of the molecule is Cc1ccc([C@H]2C(c3ccnc(C)c3)[C@@H]3CC(=O)OCC(C)N3C23CCC(C)(C)CC3)c(N)c1. The van der Waals surface area contributed by atoms with Crippen LogP contribution in [0.2, 0.25) is 0 Å². The zero-order chi connectivity index (χ0) is 24.3. The van der Waals surface area contributed by atoms with Crippen LogP contribution in [0.15, 0.2) is 36.5 Å². The Balaban J connectivity index is 1.75. The van der Waals surface area contributed by atoms with E-state index in [1.54, 1.807) is 0 Å². The minimum absolute atomic E-state index is 0.0567. The number of nitrogen functional groups attached to an aromatic ring is 1. The smallest absolute Gasteiger partial charge is 0.307 e. The molecule has 2 aliphatic heterocycles. The molecule has 0 bridgehead atoms. The van der Waals surface area contributed by atoms with E-state index in [2.05, 4.69) is 67.9 Å². The number of carbonyl (C=O) groups is 1. The lowest BCUT2D eigenvalue weighted by Gasteiger charge is -2.52. The minimum Gasteiger partial charge on any atom is -0.464 e. The standard InChI is InChI=1S/C29H39N3O2/c1-18-6-7-22(23(30)14-18)27-26(21-8-13-31-19(2)15-21)24-16-25(33)34-17-20(3)32(24)29(27)11-9-28(4,5)10-12-29/h6-8,13-15,20,24,26-27H,9-12,16-17,30H2,1-5H3/t20?,24-,26?,27-/m0/s1. The van der Waals surface area contributed by atoms with E-state index >= 15 is 0 Å². The largest absolute Gasteiger partial charge is 0.464 e. The van der Waals surface area contributed by atoms with Gasteiger partial charge in [-0.1, -0.05) is 26.0 Å². The molecule has 2 N–H and O–H groups in total. The summed E-state index contributed by atoms with van der Waals surface area (Å²) in [5.41, 5.74) is 12.6. The lowest BCUT2D eigenvalue weighted by molar-refractivity contribution is -0.143. The summed E-state index contributed by atoms with van der Waals surface area (Å²) in [5.74, 6) is 0.282.